The average Bonchev–Trinajstić information content (AvgIpc) is 2.71. The van der Waals surface area contributed by atoms with Crippen molar-refractivity contribution in [1.82, 2.24) is 5.32 Å². The van der Waals surface area contributed by atoms with Crippen molar-refractivity contribution in [2.45, 2.75) is 6.92 Å². The highest BCUT2D eigenvalue weighted by molar-refractivity contribution is 5.99. The number of carbonyl (C=O) groups is 1. The second-order valence-corrected chi connectivity index (χ2v) is 6.48. The lowest BCUT2D eigenvalue weighted by molar-refractivity contribution is -0.385. The summed E-state index contributed by atoms with van der Waals surface area (Å²) in [6.07, 6.45) is 0. The van der Waals surface area contributed by atoms with Crippen LogP contribution in [0.3, 0.4) is 0 Å². The summed E-state index contributed by atoms with van der Waals surface area (Å²) < 4.78 is 10.9. The van der Waals surface area contributed by atoms with E-state index >= 15 is 0 Å². The van der Waals surface area contributed by atoms with Gasteiger partial charge in [0, 0.05) is 24.8 Å². The summed E-state index contributed by atoms with van der Waals surface area (Å²) in [6, 6.07) is 12.2. The van der Waals surface area contributed by atoms with E-state index < -0.39 is 10.8 Å². The summed E-state index contributed by atoms with van der Waals surface area (Å²) in [5.74, 6) is 0.226. The molecule has 2 aromatic rings. The monoisotopic (exact) mass is 385 g/mol. The fraction of sp³-hybridized carbons (Fsp3) is 0.350. The van der Waals surface area contributed by atoms with E-state index in [0.717, 1.165) is 17.0 Å². The highest BCUT2D eigenvalue weighted by atomic mass is 16.6. The van der Waals surface area contributed by atoms with Gasteiger partial charge in [-0.25, -0.2) is 0 Å². The van der Waals surface area contributed by atoms with Gasteiger partial charge in [-0.05, 0) is 36.8 Å². The number of aryl methyl sites for hydroxylation is 1. The number of ether oxygens (including phenoxy) is 2. The van der Waals surface area contributed by atoms with Crippen LogP contribution in [0, 0.1) is 17.0 Å². The quantitative estimate of drug-likeness (QED) is 0.447. The lowest BCUT2D eigenvalue weighted by Gasteiger charge is -2.29. The van der Waals surface area contributed by atoms with Crippen molar-refractivity contribution in [3.05, 3.63) is 63.7 Å². The van der Waals surface area contributed by atoms with Gasteiger partial charge in [-0.3, -0.25) is 14.9 Å². The van der Waals surface area contributed by atoms with Crippen LogP contribution in [-0.4, -0.2) is 50.3 Å². The minimum atomic E-state index is -0.540. The second-order valence-electron chi connectivity index (χ2n) is 6.48. The standard InChI is InChI=1S/C20H23N3O5/c1-15-3-2-4-17(13-15)28-10-7-21-20(24)18-14-16(5-6-19(18)23(25)26)22-8-11-27-12-9-22/h2-6,13-14H,7-12H2,1H3,(H,21,24). The van der Waals surface area contributed by atoms with E-state index in [2.05, 4.69) is 5.32 Å². The van der Waals surface area contributed by atoms with Crippen LogP contribution in [0.15, 0.2) is 42.5 Å². The zero-order chi connectivity index (χ0) is 19.9. The number of nitro groups is 1. The normalized spacial score (nSPS) is 13.8. The summed E-state index contributed by atoms with van der Waals surface area (Å²) in [5.41, 5.74) is 1.69. The molecule has 0 aromatic heterocycles. The molecule has 3 rings (SSSR count). The zero-order valence-corrected chi connectivity index (χ0v) is 15.7. The van der Waals surface area contributed by atoms with Crippen molar-refractivity contribution in [3.8, 4) is 5.75 Å². The highest BCUT2D eigenvalue weighted by Gasteiger charge is 2.22. The Morgan fingerprint density at radius 3 is 2.75 bits per heavy atom. The number of nitrogens with zero attached hydrogens (tertiary/aromatic N) is 2. The number of rotatable bonds is 7. The Balaban J connectivity index is 1.64. The number of amides is 1. The van der Waals surface area contributed by atoms with Crippen molar-refractivity contribution >= 4 is 17.3 Å². The summed E-state index contributed by atoms with van der Waals surface area (Å²) in [5, 5.41) is 14.0. The largest absolute Gasteiger partial charge is 0.492 e. The number of nitrogens with one attached hydrogen (secondary N) is 1. The number of hydrogen-bond acceptors (Lipinski definition) is 6. The van der Waals surface area contributed by atoms with Gasteiger partial charge in [0.25, 0.3) is 11.6 Å². The number of nitro benzene ring substituents is 1. The Labute approximate surface area is 163 Å². The molecule has 1 aliphatic heterocycles. The zero-order valence-electron chi connectivity index (χ0n) is 15.7. The Morgan fingerprint density at radius 1 is 1.25 bits per heavy atom. The van der Waals surface area contributed by atoms with Crippen molar-refractivity contribution in [3.63, 3.8) is 0 Å². The predicted octanol–water partition coefficient (Wildman–Crippen LogP) is 2.55. The van der Waals surface area contributed by atoms with E-state index in [9.17, 15) is 14.9 Å². The molecule has 0 aliphatic carbocycles. The topological polar surface area (TPSA) is 93.9 Å². The van der Waals surface area contributed by atoms with Crippen molar-refractivity contribution in [2.75, 3.05) is 44.4 Å². The fourth-order valence-electron chi connectivity index (χ4n) is 3.02. The molecule has 28 heavy (non-hydrogen) atoms. The maximum Gasteiger partial charge on any atom is 0.282 e. The van der Waals surface area contributed by atoms with Gasteiger partial charge >= 0.3 is 0 Å². The average molecular weight is 385 g/mol. The maximum atomic E-state index is 12.6. The first-order valence-corrected chi connectivity index (χ1v) is 9.13. The molecule has 0 unspecified atom stereocenters. The first kappa shape index (κ1) is 19.6. The maximum absolute atomic E-state index is 12.6. The van der Waals surface area contributed by atoms with Crippen LogP contribution in [0.1, 0.15) is 15.9 Å². The summed E-state index contributed by atoms with van der Waals surface area (Å²) >= 11 is 0. The Kier molecular flexibility index (Phi) is 6.44. The van der Waals surface area contributed by atoms with E-state index in [-0.39, 0.29) is 24.4 Å². The molecule has 1 heterocycles. The van der Waals surface area contributed by atoms with E-state index in [4.69, 9.17) is 9.47 Å². The van der Waals surface area contributed by atoms with Crippen LogP contribution in [-0.2, 0) is 4.74 Å². The van der Waals surface area contributed by atoms with Crippen LogP contribution >= 0.6 is 0 Å². The predicted molar refractivity (Wildman–Crippen MR) is 105 cm³/mol. The summed E-state index contributed by atoms with van der Waals surface area (Å²) in [4.78, 5) is 25.4. The minimum Gasteiger partial charge on any atom is -0.492 e. The number of hydrogen-bond donors (Lipinski definition) is 1. The molecule has 1 fully saturated rings. The molecule has 1 N–H and O–H groups in total. The van der Waals surface area contributed by atoms with Gasteiger partial charge in [-0.2, -0.15) is 0 Å². The molecular formula is C20H23N3O5. The van der Waals surface area contributed by atoms with Gasteiger partial charge in [0.2, 0.25) is 0 Å². The van der Waals surface area contributed by atoms with E-state index in [1.807, 2.05) is 36.1 Å². The number of anilines is 1. The minimum absolute atomic E-state index is 0.0459. The third-order valence-corrected chi connectivity index (χ3v) is 4.44. The first-order valence-electron chi connectivity index (χ1n) is 9.13. The molecule has 0 spiro atoms. The SMILES string of the molecule is Cc1cccc(OCCNC(=O)c2cc(N3CCOCC3)ccc2[N+](=O)[O-])c1. The summed E-state index contributed by atoms with van der Waals surface area (Å²) in [7, 11) is 0. The van der Waals surface area contributed by atoms with Crippen LogP contribution < -0.4 is 15.0 Å². The molecule has 0 bridgehead atoms. The lowest BCUT2D eigenvalue weighted by atomic mass is 10.1. The highest BCUT2D eigenvalue weighted by Crippen LogP contribution is 2.25. The molecule has 8 heteroatoms. The van der Waals surface area contributed by atoms with Gasteiger partial charge in [0.05, 0.1) is 24.7 Å². The Hall–Kier alpha value is -3.13. The second kappa shape index (κ2) is 9.18. The lowest BCUT2D eigenvalue weighted by Crippen LogP contribution is -2.36. The molecular weight excluding hydrogens is 362 g/mol. The first-order chi connectivity index (χ1) is 13.5. The molecule has 0 radical (unpaired) electrons. The molecule has 0 saturated carbocycles. The van der Waals surface area contributed by atoms with E-state index in [1.54, 1.807) is 12.1 Å². The van der Waals surface area contributed by atoms with E-state index in [0.29, 0.717) is 26.3 Å². The van der Waals surface area contributed by atoms with Gasteiger partial charge in [0.1, 0.15) is 17.9 Å². The van der Waals surface area contributed by atoms with Crippen LogP contribution in [0.2, 0.25) is 0 Å². The molecule has 148 valence electrons. The van der Waals surface area contributed by atoms with E-state index in [1.165, 1.54) is 6.07 Å². The van der Waals surface area contributed by atoms with Gasteiger partial charge < -0.3 is 19.7 Å². The third-order valence-electron chi connectivity index (χ3n) is 4.44. The molecule has 1 aliphatic rings. The Bertz CT molecular complexity index is 849. The smallest absolute Gasteiger partial charge is 0.282 e. The fourth-order valence-corrected chi connectivity index (χ4v) is 3.02. The number of morpholine rings is 1. The summed E-state index contributed by atoms with van der Waals surface area (Å²) in [6.45, 7) is 5.03. The molecule has 8 nitrogen and oxygen atoms in total. The van der Waals surface area contributed by atoms with Gasteiger partial charge in [-0.1, -0.05) is 12.1 Å². The molecule has 1 saturated heterocycles. The Morgan fingerprint density at radius 2 is 2.04 bits per heavy atom. The van der Waals surface area contributed by atoms with Crippen molar-refractivity contribution in [2.24, 2.45) is 0 Å². The molecule has 2 aromatic carbocycles. The van der Waals surface area contributed by atoms with Crippen LogP contribution in [0.4, 0.5) is 11.4 Å². The van der Waals surface area contributed by atoms with Gasteiger partial charge in [0.15, 0.2) is 0 Å². The third kappa shape index (κ3) is 4.98. The number of benzene rings is 2. The van der Waals surface area contributed by atoms with Crippen LogP contribution in [0.5, 0.6) is 5.75 Å². The molecule has 1 amide bonds. The number of carbonyl (C=O) groups excluding carboxylic acids is 1. The van der Waals surface area contributed by atoms with Crippen LogP contribution in [0.25, 0.3) is 0 Å². The van der Waals surface area contributed by atoms with Crippen molar-refractivity contribution in [1.29, 1.82) is 0 Å². The van der Waals surface area contributed by atoms with Crippen molar-refractivity contribution < 1.29 is 19.2 Å². The van der Waals surface area contributed by atoms with Gasteiger partial charge in [-0.15, -0.1) is 0 Å². The molecule has 0 atom stereocenters.